The summed E-state index contributed by atoms with van der Waals surface area (Å²) in [4.78, 5) is 11.5. The topological polar surface area (TPSA) is 17.1 Å². The highest BCUT2D eigenvalue weighted by Gasteiger charge is 2.30. The number of rotatable bonds is 1. The lowest BCUT2D eigenvalue weighted by Crippen LogP contribution is -2.04. The number of fused-ring (bicyclic) bond motifs is 3. The van der Waals surface area contributed by atoms with Crippen molar-refractivity contribution >= 4 is 38.4 Å². The van der Waals surface area contributed by atoms with Gasteiger partial charge in [0.25, 0.3) is 5.24 Å². The van der Waals surface area contributed by atoms with Crippen molar-refractivity contribution in [2.24, 2.45) is 0 Å². The molecule has 0 N–H and O–H groups in total. The molecule has 5 heteroatoms. The minimum atomic E-state index is -4.41. The van der Waals surface area contributed by atoms with E-state index in [9.17, 15) is 18.0 Å². The van der Waals surface area contributed by atoms with Gasteiger partial charge in [-0.1, -0.05) is 30.3 Å². The first-order chi connectivity index (χ1) is 9.88. The first-order valence-corrected chi connectivity index (χ1v) is 6.48. The van der Waals surface area contributed by atoms with Crippen molar-refractivity contribution in [3.8, 4) is 0 Å². The molecule has 0 radical (unpaired) electrons. The normalized spacial score (nSPS) is 12.0. The van der Waals surface area contributed by atoms with Crippen molar-refractivity contribution in [2.45, 2.75) is 6.18 Å². The summed E-state index contributed by atoms with van der Waals surface area (Å²) in [5.74, 6) is 0. The Labute approximate surface area is 122 Å². The summed E-state index contributed by atoms with van der Waals surface area (Å²) >= 11 is 5.57. The highest BCUT2D eigenvalue weighted by Crippen LogP contribution is 2.35. The molecule has 1 nitrogen and oxygen atoms in total. The van der Waals surface area contributed by atoms with Gasteiger partial charge in [0.1, 0.15) is 0 Å². The van der Waals surface area contributed by atoms with Crippen LogP contribution in [-0.4, -0.2) is 5.24 Å². The van der Waals surface area contributed by atoms with Crippen LogP contribution in [0.15, 0.2) is 48.5 Å². The third-order valence-corrected chi connectivity index (χ3v) is 3.60. The van der Waals surface area contributed by atoms with E-state index in [2.05, 4.69) is 0 Å². The van der Waals surface area contributed by atoms with E-state index in [0.717, 1.165) is 12.1 Å². The molecule has 0 unspecified atom stereocenters. The number of carbonyl (C=O) groups excluding carboxylic acids is 1. The molecule has 0 spiro atoms. The van der Waals surface area contributed by atoms with Gasteiger partial charge in [0.2, 0.25) is 0 Å². The molecule has 0 fully saturated rings. The zero-order valence-corrected chi connectivity index (χ0v) is 11.3. The Hall–Kier alpha value is -2.07. The number of halogens is 4. The van der Waals surface area contributed by atoms with E-state index < -0.39 is 17.0 Å². The summed E-state index contributed by atoms with van der Waals surface area (Å²) in [5.41, 5.74) is -0.426. The smallest absolute Gasteiger partial charge is 0.276 e. The highest BCUT2D eigenvalue weighted by atomic mass is 35.5. The molecule has 0 atom stereocenters. The molecule has 21 heavy (non-hydrogen) atoms. The monoisotopic (exact) mass is 308 g/mol. The second kappa shape index (κ2) is 4.74. The summed E-state index contributed by atoms with van der Waals surface area (Å²) < 4.78 is 38.5. The van der Waals surface area contributed by atoms with Crippen LogP contribution in [-0.2, 0) is 6.18 Å². The summed E-state index contributed by atoms with van der Waals surface area (Å²) in [6.45, 7) is 0. The Morgan fingerprint density at radius 3 is 2.19 bits per heavy atom. The fourth-order valence-corrected chi connectivity index (χ4v) is 2.60. The lowest BCUT2D eigenvalue weighted by Gasteiger charge is -2.11. The molecule has 0 aromatic heterocycles. The maximum absolute atomic E-state index is 12.8. The van der Waals surface area contributed by atoms with Crippen molar-refractivity contribution in [2.75, 3.05) is 0 Å². The first kappa shape index (κ1) is 13.9. The third-order valence-electron chi connectivity index (χ3n) is 3.40. The highest BCUT2D eigenvalue weighted by molar-refractivity contribution is 6.68. The number of hydrogen-bond acceptors (Lipinski definition) is 1. The zero-order valence-electron chi connectivity index (χ0n) is 10.5. The van der Waals surface area contributed by atoms with Crippen LogP contribution in [0.2, 0.25) is 0 Å². The van der Waals surface area contributed by atoms with E-state index in [1.165, 1.54) is 12.1 Å². The second-order valence-electron chi connectivity index (χ2n) is 4.68. The molecule has 3 rings (SSSR count). The van der Waals surface area contributed by atoms with Gasteiger partial charge in [-0.05, 0) is 51.3 Å². The van der Waals surface area contributed by atoms with Crippen LogP contribution in [0, 0.1) is 0 Å². The van der Waals surface area contributed by atoms with Gasteiger partial charge in [-0.25, -0.2) is 0 Å². The summed E-state index contributed by atoms with van der Waals surface area (Å²) in [6.07, 6.45) is -4.41. The molecular weight excluding hydrogens is 301 g/mol. The maximum Gasteiger partial charge on any atom is 0.416 e. The van der Waals surface area contributed by atoms with E-state index in [0.29, 0.717) is 27.1 Å². The van der Waals surface area contributed by atoms with Gasteiger partial charge in [0.05, 0.1) is 5.56 Å². The summed E-state index contributed by atoms with van der Waals surface area (Å²) in [7, 11) is 0. The molecule has 106 valence electrons. The van der Waals surface area contributed by atoms with E-state index in [1.54, 1.807) is 24.3 Å². The van der Waals surface area contributed by atoms with Gasteiger partial charge in [-0.3, -0.25) is 4.79 Å². The van der Waals surface area contributed by atoms with Gasteiger partial charge in [-0.2, -0.15) is 13.2 Å². The van der Waals surface area contributed by atoms with Crippen molar-refractivity contribution in [3.63, 3.8) is 0 Å². The minimum absolute atomic E-state index is 0.291. The van der Waals surface area contributed by atoms with E-state index in [4.69, 9.17) is 11.6 Å². The SMILES string of the molecule is O=C(Cl)c1cc2ccc(C(F)(F)F)cc2c2ccccc12. The number of alkyl halides is 3. The van der Waals surface area contributed by atoms with Gasteiger partial charge in [0.15, 0.2) is 0 Å². The van der Waals surface area contributed by atoms with E-state index >= 15 is 0 Å². The zero-order chi connectivity index (χ0) is 15.2. The Morgan fingerprint density at radius 1 is 0.905 bits per heavy atom. The second-order valence-corrected chi connectivity index (χ2v) is 5.02. The van der Waals surface area contributed by atoms with Crippen LogP contribution in [0.25, 0.3) is 21.5 Å². The lowest BCUT2D eigenvalue weighted by atomic mass is 9.96. The van der Waals surface area contributed by atoms with Crippen LogP contribution in [0.5, 0.6) is 0 Å². The van der Waals surface area contributed by atoms with Crippen LogP contribution >= 0.6 is 11.6 Å². The number of benzene rings is 3. The molecule has 0 heterocycles. The predicted molar refractivity (Wildman–Crippen MR) is 76.6 cm³/mol. The van der Waals surface area contributed by atoms with Crippen LogP contribution in [0.1, 0.15) is 15.9 Å². The van der Waals surface area contributed by atoms with Crippen molar-refractivity contribution in [1.82, 2.24) is 0 Å². The predicted octanol–water partition coefficient (Wildman–Crippen LogP) is 5.39. The van der Waals surface area contributed by atoms with E-state index in [1.807, 2.05) is 0 Å². The maximum atomic E-state index is 12.8. The average molecular weight is 309 g/mol. The Morgan fingerprint density at radius 2 is 1.57 bits per heavy atom. The largest absolute Gasteiger partial charge is 0.416 e. The van der Waals surface area contributed by atoms with E-state index in [-0.39, 0.29) is 0 Å². The quantitative estimate of drug-likeness (QED) is 0.435. The molecule has 0 bridgehead atoms. The van der Waals surface area contributed by atoms with Gasteiger partial charge < -0.3 is 0 Å². The minimum Gasteiger partial charge on any atom is -0.276 e. The Bertz CT molecular complexity index is 868. The van der Waals surface area contributed by atoms with Crippen molar-refractivity contribution in [1.29, 1.82) is 0 Å². The fraction of sp³-hybridized carbons (Fsp3) is 0.0625. The van der Waals surface area contributed by atoms with Gasteiger partial charge >= 0.3 is 6.18 Å². The average Bonchev–Trinajstić information content (AvgIpc) is 2.44. The summed E-state index contributed by atoms with van der Waals surface area (Å²) in [5, 5.41) is 1.48. The molecule has 0 aliphatic heterocycles. The first-order valence-electron chi connectivity index (χ1n) is 6.10. The third kappa shape index (κ3) is 2.36. The van der Waals surface area contributed by atoms with Crippen LogP contribution in [0.3, 0.4) is 0 Å². The molecule has 0 aliphatic rings. The van der Waals surface area contributed by atoms with Gasteiger partial charge in [0, 0.05) is 5.56 Å². The molecule has 0 saturated heterocycles. The molecule has 0 amide bonds. The van der Waals surface area contributed by atoms with Crippen LogP contribution < -0.4 is 0 Å². The van der Waals surface area contributed by atoms with Crippen molar-refractivity contribution in [3.05, 3.63) is 59.7 Å². The molecule has 0 saturated carbocycles. The molecule has 0 aliphatic carbocycles. The molecular formula is C16H8ClF3O. The lowest BCUT2D eigenvalue weighted by molar-refractivity contribution is -0.137. The standard InChI is InChI=1S/C16H8ClF3O/c17-15(21)14-7-9-5-6-10(16(18,19)20)8-13(9)11-3-1-2-4-12(11)14/h1-8H. The fourth-order valence-electron chi connectivity index (χ4n) is 2.44. The van der Waals surface area contributed by atoms with Crippen molar-refractivity contribution < 1.29 is 18.0 Å². The van der Waals surface area contributed by atoms with Crippen LogP contribution in [0.4, 0.5) is 13.2 Å². The molecule has 3 aromatic rings. The summed E-state index contributed by atoms with van der Waals surface area (Å²) in [6, 6.07) is 11.8. The molecule has 3 aromatic carbocycles. The Balaban J connectivity index is 2.46. The Kier molecular flexibility index (Phi) is 3.14. The number of hydrogen-bond donors (Lipinski definition) is 0. The number of carbonyl (C=O) groups is 1. The van der Waals surface area contributed by atoms with Gasteiger partial charge in [-0.15, -0.1) is 0 Å².